The molecule has 0 atom stereocenters. The second-order valence-corrected chi connectivity index (χ2v) is 6.33. The van der Waals surface area contributed by atoms with Gasteiger partial charge < -0.3 is 19.5 Å². The van der Waals surface area contributed by atoms with Gasteiger partial charge in [-0.05, 0) is 42.5 Å². The van der Waals surface area contributed by atoms with Crippen molar-refractivity contribution in [3.05, 3.63) is 79.1 Å². The second kappa shape index (κ2) is 8.95. The molecule has 0 aliphatic rings. The molecule has 0 fully saturated rings. The van der Waals surface area contributed by atoms with Gasteiger partial charge in [-0.15, -0.1) is 0 Å². The summed E-state index contributed by atoms with van der Waals surface area (Å²) in [6.07, 6.45) is 6.50. The molecule has 0 radical (unpaired) electrons. The predicted molar refractivity (Wildman–Crippen MR) is 113 cm³/mol. The van der Waals surface area contributed by atoms with Crippen molar-refractivity contribution in [2.24, 2.45) is 0 Å². The first-order valence-corrected chi connectivity index (χ1v) is 9.28. The maximum absolute atomic E-state index is 12.5. The van der Waals surface area contributed by atoms with Crippen LogP contribution < -0.4 is 19.5 Å². The highest BCUT2D eigenvalue weighted by Gasteiger charge is 2.11. The number of amides is 1. The quantitative estimate of drug-likeness (QED) is 0.489. The van der Waals surface area contributed by atoms with E-state index in [9.17, 15) is 4.79 Å². The van der Waals surface area contributed by atoms with Gasteiger partial charge in [0.2, 0.25) is 5.88 Å². The molecule has 31 heavy (non-hydrogen) atoms. The third kappa shape index (κ3) is 4.61. The fourth-order valence-corrected chi connectivity index (χ4v) is 2.83. The number of hydrogen-bond acceptors (Lipinski definition) is 7. The Bertz CT molecular complexity index is 1180. The Balaban J connectivity index is 1.43. The third-order valence-electron chi connectivity index (χ3n) is 4.38. The van der Waals surface area contributed by atoms with Crippen LogP contribution in [0.5, 0.6) is 23.1 Å². The van der Waals surface area contributed by atoms with Crippen molar-refractivity contribution in [3.8, 4) is 28.9 Å². The first-order valence-electron chi connectivity index (χ1n) is 9.28. The highest BCUT2D eigenvalue weighted by Crippen LogP contribution is 2.28. The van der Waals surface area contributed by atoms with Crippen molar-refractivity contribution in [2.45, 2.75) is 0 Å². The molecule has 4 aromatic rings. The average molecular weight is 417 g/mol. The number of rotatable bonds is 7. The molecule has 0 aliphatic carbocycles. The number of methoxy groups -OCH3 is 2. The lowest BCUT2D eigenvalue weighted by Crippen LogP contribution is -2.12. The molecule has 0 bridgehead atoms. The maximum atomic E-state index is 12.5. The van der Waals surface area contributed by atoms with E-state index < -0.39 is 0 Å². The summed E-state index contributed by atoms with van der Waals surface area (Å²) in [5.74, 6) is 2.37. The Hall–Kier alpha value is -4.40. The second-order valence-electron chi connectivity index (χ2n) is 6.33. The number of carbonyl (C=O) groups is 1. The van der Waals surface area contributed by atoms with Gasteiger partial charge in [0.1, 0.15) is 24.2 Å². The van der Waals surface area contributed by atoms with E-state index in [2.05, 4.69) is 20.3 Å². The van der Waals surface area contributed by atoms with Gasteiger partial charge in [0.15, 0.2) is 11.5 Å². The van der Waals surface area contributed by atoms with E-state index >= 15 is 0 Å². The highest BCUT2D eigenvalue weighted by atomic mass is 16.5. The van der Waals surface area contributed by atoms with Crippen molar-refractivity contribution < 1.29 is 19.0 Å². The van der Waals surface area contributed by atoms with Crippen molar-refractivity contribution in [1.82, 2.24) is 19.5 Å². The van der Waals surface area contributed by atoms with Gasteiger partial charge in [-0.1, -0.05) is 0 Å². The van der Waals surface area contributed by atoms with E-state index in [0.29, 0.717) is 40.2 Å². The van der Waals surface area contributed by atoms with Gasteiger partial charge in [-0.3, -0.25) is 9.36 Å². The number of imidazole rings is 1. The summed E-state index contributed by atoms with van der Waals surface area (Å²) in [6, 6.07) is 13.6. The Labute approximate surface area is 178 Å². The SMILES string of the molecule is COc1ccc(C(=O)Nc2ccc(Oc3cc(-n4ccnc4)ncn3)cc2)cc1OC. The van der Waals surface area contributed by atoms with Gasteiger partial charge in [0.05, 0.1) is 14.2 Å². The fraction of sp³-hybridized carbons (Fsp3) is 0.0909. The van der Waals surface area contributed by atoms with Crippen LogP contribution in [0.1, 0.15) is 10.4 Å². The molecule has 4 rings (SSSR count). The molecule has 2 aromatic heterocycles. The Morgan fingerprint density at radius 1 is 0.968 bits per heavy atom. The van der Waals surface area contributed by atoms with E-state index in [1.165, 1.54) is 13.4 Å². The van der Waals surface area contributed by atoms with Gasteiger partial charge in [0.25, 0.3) is 5.91 Å². The van der Waals surface area contributed by atoms with E-state index in [1.54, 1.807) is 78.9 Å². The fourth-order valence-electron chi connectivity index (χ4n) is 2.83. The maximum Gasteiger partial charge on any atom is 0.255 e. The summed E-state index contributed by atoms with van der Waals surface area (Å²) in [5.41, 5.74) is 1.07. The molecular weight excluding hydrogens is 398 g/mol. The highest BCUT2D eigenvalue weighted by molar-refractivity contribution is 6.04. The Morgan fingerprint density at radius 3 is 2.48 bits per heavy atom. The molecule has 2 aromatic carbocycles. The van der Waals surface area contributed by atoms with Crippen LogP contribution in [0.2, 0.25) is 0 Å². The van der Waals surface area contributed by atoms with E-state index in [4.69, 9.17) is 14.2 Å². The van der Waals surface area contributed by atoms with Crippen molar-refractivity contribution in [3.63, 3.8) is 0 Å². The summed E-state index contributed by atoms with van der Waals surface area (Å²) >= 11 is 0. The number of hydrogen-bond donors (Lipinski definition) is 1. The predicted octanol–water partition coefficient (Wildman–Crippen LogP) is 3.72. The summed E-state index contributed by atoms with van der Waals surface area (Å²) < 4.78 is 18.0. The lowest BCUT2D eigenvalue weighted by atomic mass is 10.2. The summed E-state index contributed by atoms with van der Waals surface area (Å²) in [7, 11) is 3.07. The molecule has 0 spiro atoms. The van der Waals surface area contributed by atoms with Gasteiger partial charge >= 0.3 is 0 Å². The topological polar surface area (TPSA) is 100 Å². The van der Waals surface area contributed by atoms with Crippen LogP contribution >= 0.6 is 0 Å². The van der Waals surface area contributed by atoms with Crippen LogP contribution in [-0.4, -0.2) is 39.6 Å². The van der Waals surface area contributed by atoms with Crippen LogP contribution in [0.3, 0.4) is 0 Å². The lowest BCUT2D eigenvalue weighted by Gasteiger charge is -2.11. The van der Waals surface area contributed by atoms with Crippen LogP contribution in [0, 0.1) is 0 Å². The number of carbonyl (C=O) groups excluding carboxylic acids is 1. The summed E-state index contributed by atoms with van der Waals surface area (Å²) in [5, 5.41) is 2.84. The summed E-state index contributed by atoms with van der Waals surface area (Å²) in [4.78, 5) is 24.9. The van der Waals surface area contributed by atoms with Crippen LogP contribution in [0.25, 0.3) is 5.82 Å². The van der Waals surface area contributed by atoms with E-state index in [1.807, 2.05) is 0 Å². The molecule has 156 valence electrons. The first kappa shape index (κ1) is 19.9. The van der Waals surface area contributed by atoms with Gasteiger partial charge in [-0.25, -0.2) is 15.0 Å². The molecular formula is C22H19N5O4. The molecule has 9 nitrogen and oxygen atoms in total. The zero-order valence-electron chi connectivity index (χ0n) is 16.9. The molecule has 0 saturated carbocycles. The number of nitrogens with one attached hydrogen (secondary N) is 1. The standard InChI is InChI=1S/C22H19N5O4/c1-29-18-8-3-15(11-19(18)30-2)22(28)26-16-4-6-17(7-5-16)31-21-12-20(24-13-25-21)27-10-9-23-14-27/h3-14H,1-2H3,(H,26,28). The van der Waals surface area contributed by atoms with Crippen LogP contribution in [0.4, 0.5) is 5.69 Å². The minimum Gasteiger partial charge on any atom is -0.493 e. The molecule has 2 heterocycles. The number of benzene rings is 2. The van der Waals surface area contributed by atoms with Crippen molar-refractivity contribution in [1.29, 1.82) is 0 Å². The zero-order chi connectivity index (χ0) is 21.6. The summed E-state index contributed by atoms with van der Waals surface area (Å²) in [6.45, 7) is 0. The molecule has 1 N–H and O–H groups in total. The van der Waals surface area contributed by atoms with E-state index in [-0.39, 0.29) is 5.91 Å². The van der Waals surface area contributed by atoms with Crippen molar-refractivity contribution in [2.75, 3.05) is 19.5 Å². The normalized spacial score (nSPS) is 10.4. The van der Waals surface area contributed by atoms with Gasteiger partial charge in [-0.2, -0.15) is 0 Å². The Kier molecular flexibility index (Phi) is 5.75. The molecule has 0 unspecified atom stereocenters. The number of ether oxygens (including phenoxy) is 3. The molecule has 1 amide bonds. The van der Waals surface area contributed by atoms with Crippen LogP contribution in [-0.2, 0) is 0 Å². The lowest BCUT2D eigenvalue weighted by molar-refractivity contribution is 0.102. The zero-order valence-corrected chi connectivity index (χ0v) is 16.9. The number of nitrogens with zero attached hydrogens (tertiary/aromatic N) is 4. The molecule has 9 heteroatoms. The Morgan fingerprint density at radius 2 is 1.77 bits per heavy atom. The van der Waals surface area contributed by atoms with Crippen LogP contribution in [0.15, 0.2) is 73.6 Å². The number of aromatic nitrogens is 4. The molecule has 0 saturated heterocycles. The van der Waals surface area contributed by atoms with Crippen molar-refractivity contribution >= 4 is 11.6 Å². The minimum absolute atomic E-state index is 0.268. The number of anilines is 1. The average Bonchev–Trinajstić information content (AvgIpc) is 3.35. The van der Waals surface area contributed by atoms with Gasteiger partial charge in [0, 0.05) is 29.7 Å². The first-order chi connectivity index (χ1) is 15.2. The largest absolute Gasteiger partial charge is 0.493 e. The smallest absolute Gasteiger partial charge is 0.255 e. The minimum atomic E-state index is -0.268. The molecule has 0 aliphatic heterocycles. The third-order valence-corrected chi connectivity index (χ3v) is 4.38. The monoisotopic (exact) mass is 417 g/mol. The van der Waals surface area contributed by atoms with E-state index in [0.717, 1.165) is 0 Å².